The molecule has 0 aromatic carbocycles. The van der Waals surface area contributed by atoms with Crippen molar-refractivity contribution in [3.63, 3.8) is 0 Å². The van der Waals surface area contributed by atoms with Crippen LogP contribution in [0, 0.1) is 5.92 Å². The molecule has 2 N–H and O–H groups in total. The largest absolute Gasteiger partial charge is 0.481 e. The first-order valence-electron chi connectivity index (χ1n) is 6.20. The number of carboxylic acids is 1. The average molecular weight is 306 g/mol. The number of nitrogens with one attached hydrogen (secondary N) is 1. The van der Waals surface area contributed by atoms with Gasteiger partial charge in [-0.05, 0) is 5.92 Å². The molecule has 0 spiro atoms. The predicted octanol–water partition coefficient (Wildman–Crippen LogP) is -0.546. The molecule has 0 radical (unpaired) electrons. The second-order valence-electron chi connectivity index (χ2n) is 4.90. The number of amides is 3. The van der Waals surface area contributed by atoms with Crippen molar-refractivity contribution < 1.29 is 27.9 Å². The van der Waals surface area contributed by atoms with E-state index in [4.69, 9.17) is 5.11 Å². The maximum absolute atomic E-state index is 11.7. The van der Waals surface area contributed by atoms with E-state index in [0.717, 1.165) is 0 Å². The van der Waals surface area contributed by atoms with Crippen molar-refractivity contribution >= 4 is 27.7 Å². The second kappa shape index (κ2) is 6.69. The van der Waals surface area contributed by atoms with Crippen LogP contribution in [0.15, 0.2) is 0 Å². The fraction of sp³-hybridized carbons (Fsp3) is 0.727. The van der Waals surface area contributed by atoms with Crippen LogP contribution in [0.3, 0.4) is 0 Å². The molecule has 1 unspecified atom stereocenters. The standard InChI is InChI=1S/C11H18N2O6S/c1-8(7-10(15)16)6-9(14)12-11(17)13-2-4-20(18,19)5-3-13/h8H,2-7H2,1H3,(H,15,16)(H,12,14,17). The molecule has 1 aliphatic heterocycles. The van der Waals surface area contributed by atoms with Gasteiger partial charge in [-0.2, -0.15) is 0 Å². The SMILES string of the molecule is CC(CC(=O)O)CC(=O)NC(=O)N1CCS(=O)(=O)CC1. The topological polar surface area (TPSA) is 121 Å². The van der Waals surface area contributed by atoms with Crippen LogP contribution in [0.5, 0.6) is 0 Å². The summed E-state index contributed by atoms with van der Waals surface area (Å²) in [5.41, 5.74) is 0. The van der Waals surface area contributed by atoms with E-state index in [1.165, 1.54) is 4.90 Å². The molecule has 1 aliphatic rings. The van der Waals surface area contributed by atoms with Crippen LogP contribution >= 0.6 is 0 Å². The molecule has 0 aromatic rings. The van der Waals surface area contributed by atoms with Crippen molar-refractivity contribution in [1.82, 2.24) is 10.2 Å². The molecule has 0 saturated carbocycles. The van der Waals surface area contributed by atoms with Crippen molar-refractivity contribution in [3.8, 4) is 0 Å². The van der Waals surface area contributed by atoms with E-state index < -0.39 is 27.7 Å². The Morgan fingerprint density at radius 1 is 1.20 bits per heavy atom. The molecule has 20 heavy (non-hydrogen) atoms. The van der Waals surface area contributed by atoms with Gasteiger partial charge in [0.1, 0.15) is 0 Å². The highest BCUT2D eigenvalue weighted by molar-refractivity contribution is 7.91. The molecule has 114 valence electrons. The zero-order valence-corrected chi connectivity index (χ0v) is 12.0. The smallest absolute Gasteiger partial charge is 0.324 e. The summed E-state index contributed by atoms with van der Waals surface area (Å²) < 4.78 is 22.4. The summed E-state index contributed by atoms with van der Waals surface area (Å²) in [6, 6.07) is -0.632. The van der Waals surface area contributed by atoms with Crippen molar-refractivity contribution in [1.29, 1.82) is 0 Å². The van der Waals surface area contributed by atoms with Gasteiger partial charge >= 0.3 is 12.0 Å². The minimum Gasteiger partial charge on any atom is -0.481 e. The van der Waals surface area contributed by atoms with Crippen molar-refractivity contribution in [2.45, 2.75) is 19.8 Å². The maximum Gasteiger partial charge on any atom is 0.324 e. The molecule has 1 saturated heterocycles. The summed E-state index contributed by atoms with van der Waals surface area (Å²) in [4.78, 5) is 35.0. The van der Waals surface area contributed by atoms with Crippen molar-refractivity contribution in [2.75, 3.05) is 24.6 Å². The zero-order valence-electron chi connectivity index (χ0n) is 11.2. The monoisotopic (exact) mass is 306 g/mol. The molecular weight excluding hydrogens is 288 g/mol. The predicted molar refractivity (Wildman–Crippen MR) is 69.8 cm³/mol. The summed E-state index contributed by atoms with van der Waals surface area (Å²) >= 11 is 0. The fourth-order valence-corrected chi connectivity index (χ4v) is 3.05. The van der Waals surface area contributed by atoms with Gasteiger partial charge in [-0.1, -0.05) is 6.92 Å². The molecule has 1 atom stereocenters. The lowest BCUT2D eigenvalue weighted by Crippen LogP contribution is -2.49. The Labute approximate surface area is 117 Å². The number of carbonyl (C=O) groups excluding carboxylic acids is 2. The van der Waals surface area contributed by atoms with E-state index in [9.17, 15) is 22.8 Å². The number of carbonyl (C=O) groups is 3. The third-order valence-corrected chi connectivity index (χ3v) is 4.54. The number of urea groups is 1. The zero-order chi connectivity index (χ0) is 15.3. The summed E-state index contributed by atoms with van der Waals surface area (Å²) in [5.74, 6) is -2.15. The molecule has 0 aromatic heterocycles. The number of sulfone groups is 1. The minimum absolute atomic E-state index is 0.0616. The van der Waals surface area contributed by atoms with Crippen molar-refractivity contribution in [3.05, 3.63) is 0 Å². The molecule has 9 heteroatoms. The second-order valence-corrected chi connectivity index (χ2v) is 7.20. The number of hydrogen-bond acceptors (Lipinski definition) is 5. The van der Waals surface area contributed by atoms with Gasteiger partial charge in [0.2, 0.25) is 5.91 Å². The highest BCUT2D eigenvalue weighted by atomic mass is 32.2. The first kappa shape index (κ1) is 16.4. The summed E-state index contributed by atoms with van der Waals surface area (Å²) in [6.07, 6.45) is -0.215. The number of aliphatic carboxylic acids is 1. The molecule has 8 nitrogen and oxygen atoms in total. The van der Waals surface area contributed by atoms with Crippen LogP contribution in [0.2, 0.25) is 0 Å². The van der Waals surface area contributed by atoms with Crippen LogP contribution < -0.4 is 5.32 Å². The number of imide groups is 1. The Balaban J connectivity index is 2.39. The van der Waals surface area contributed by atoms with Crippen LogP contribution in [-0.4, -0.2) is 60.9 Å². The van der Waals surface area contributed by atoms with E-state index in [-0.39, 0.29) is 43.4 Å². The Bertz CT molecular complexity index is 487. The van der Waals surface area contributed by atoms with Gasteiger partial charge < -0.3 is 10.0 Å². The average Bonchev–Trinajstić information content (AvgIpc) is 2.26. The van der Waals surface area contributed by atoms with Crippen LogP contribution in [-0.2, 0) is 19.4 Å². The summed E-state index contributed by atoms with van der Waals surface area (Å²) in [5, 5.41) is 10.7. The molecule has 0 bridgehead atoms. The van der Waals surface area contributed by atoms with Crippen LogP contribution in [0.4, 0.5) is 4.79 Å². The molecule has 1 heterocycles. The molecule has 3 amide bonds. The number of nitrogens with zero attached hydrogens (tertiary/aromatic N) is 1. The van der Waals surface area contributed by atoms with Crippen LogP contribution in [0.25, 0.3) is 0 Å². The molecule has 1 fully saturated rings. The third kappa shape index (κ3) is 5.55. The Kier molecular flexibility index (Phi) is 5.49. The maximum atomic E-state index is 11.7. The molecule has 1 rings (SSSR count). The summed E-state index contributed by atoms with van der Waals surface area (Å²) in [6.45, 7) is 1.73. The Morgan fingerprint density at radius 2 is 1.75 bits per heavy atom. The van der Waals surface area contributed by atoms with Gasteiger partial charge in [-0.25, -0.2) is 13.2 Å². The first-order chi connectivity index (χ1) is 9.19. The highest BCUT2D eigenvalue weighted by Gasteiger charge is 2.26. The Morgan fingerprint density at radius 3 is 2.25 bits per heavy atom. The number of hydrogen-bond donors (Lipinski definition) is 2. The lowest BCUT2D eigenvalue weighted by molar-refractivity contribution is -0.138. The van der Waals surface area contributed by atoms with Crippen molar-refractivity contribution in [2.24, 2.45) is 5.92 Å². The Hall–Kier alpha value is -1.64. The normalized spacial score (nSPS) is 19.1. The lowest BCUT2D eigenvalue weighted by Gasteiger charge is -2.26. The minimum atomic E-state index is -3.08. The first-order valence-corrected chi connectivity index (χ1v) is 8.03. The third-order valence-electron chi connectivity index (χ3n) is 2.93. The van der Waals surface area contributed by atoms with Gasteiger partial charge in [0.15, 0.2) is 9.84 Å². The van der Waals surface area contributed by atoms with Gasteiger partial charge in [0.05, 0.1) is 11.5 Å². The fourth-order valence-electron chi connectivity index (χ4n) is 1.85. The molecule has 0 aliphatic carbocycles. The van der Waals surface area contributed by atoms with Gasteiger partial charge in [-0.15, -0.1) is 0 Å². The lowest BCUT2D eigenvalue weighted by atomic mass is 10.0. The summed E-state index contributed by atoms with van der Waals surface area (Å²) in [7, 11) is -3.08. The van der Waals surface area contributed by atoms with Crippen LogP contribution in [0.1, 0.15) is 19.8 Å². The van der Waals surface area contributed by atoms with Gasteiger partial charge in [-0.3, -0.25) is 14.9 Å². The molecular formula is C11H18N2O6S. The highest BCUT2D eigenvalue weighted by Crippen LogP contribution is 2.08. The van der Waals surface area contributed by atoms with E-state index in [1.54, 1.807) is 6.92 Å². The number of carboxylic acid groups (broad SMARTS) is 1. The van der Waals surface area contributed by atoms with E-state index in [1.807, 2.05) is 0 Å². The van der Waals surface area contributed by atoms with E-state index >= 15 is 0 Å². The van der Waals surface area contributed by atoms with E-state index in [0.29, 0.717) is 0 Å². The van der Waals surface area contributed by atoms with Gasteiger partial charge in [0.25, 0.3) is 0 Å². The van der Waals surface area contributed by atoms with E-state index in [2.05, 4.69) is 5.32 Å². The quantitative estimate of drug-likeness (QED) is 0.719. The van der Waals surface area contributed by atoms with Gasteiger partial charge in [0, 0.05) is 25.9 Å². The number of rotatable bonds is 4.